The molecule has 0 aliphatic carbocycles. The number of aromatic nitrogens is 2. The van der Waals surface area contributed by atoms with Crippen LogP contribution in [0.2, 0.25) is 0 Å². The van der Waals surface area contributed by atoms with Gasteiger partial charge in [-0.3, -0.25) is 5.32 Å². The first-order valence-corrected chi connectivity index (χ1v) is 7.25. The number of nitrogens with one attached hydrogen (secondary N) is 2. The van der Waals surface area contributed by atoms with Crippen LogP contribution in [0.5, 0.6) is 0 Å². The number of amides is 1. The molecular weight excluding hydrogens is 304 g/mol. The molecule has 0 saturated carbocycles. The highest BCUT2D eigenvalue weighted by Crippen LogP contribution is 2.19. The molecule has 2 rings (SSSR count). The van der Waals surface area contributed by atoms with Crippen LogP contribution in [0.1, 0.15) is 22.4 Å². The molecule has 0 fully saturated rings. The Balaban J connectivity index is 2.16. The lowest BCUT2D eigenvalue weighted by molar-refractivity contribution is 0.209. The Kier molecular flexibility index (Phi) is 5.16. The zero-order valence-electron chi connectivity index (χ0n) is 12.4. The quantitative estimate of drug-likeness (QED) is 0.733. The number of benzene rings is 1. The average Bonchev–Trinajstić information content (AvgIpc) is 2.48. The molecule has 0 aliphatic rings. The van der Waals surface area contributed by atoms with Crippen molar-refractivity contribution in [2.24, 2.45) is 0 Å². The fraction of sp³-hybridized carbons (Fsp3) is 0.267. The highest BCUT2D eigenvalue weighted by atomic mass is 35.5. The van der Waals surface area contributed by atoms with E-state index in [9.17, 15) is 4.79 Å². The van der Waals surface area contributed by atoms with E-state index in [1.165, 1.54) is 11.1 Å². The second-order valence-electron chi connectivity index (χ2n) is 4.93. The first-order valence-electron chi connectivity index (χ1n) is 6.72. The summed E-state index contributed by atoms with van der Waals surface area (Å²) in [6.07, 6.45) is -1.19. The summed E-state index contributed by atoms with van der Waals surface area (Å²) in [7, 11) is 0. The van der Waals surface area contributed by atoms with E-state index in [0.29, 0.717) is 17.9 Å². The minimum atomic E-state index is -1.19. The van der Waals surface area contributed by atoms with E-state index in [2.05, 4.69) is 46.8 Å². The second kappa shape index (κ2) is 7.09. The van der Waals surface area contributed by atoms with Gasteiger partial charge in [0.25, 0.3) is 0 Å². The lowest BCUT2D eigenvalue weighted by atomic mass is 10.1. The SMILES string of the molecule is Cc1ccc(CNc2cc(NC(=O)O)nnc2CCl)cc1C. The van der Waals surface area contributed by atoms with Gasteiger partial charge in [0.2, 0.25) is 0 Å². The van der Waals surface area contributed by atoms with Crippen molar-refractivity contribution in [2.75, 3.05) is 10.6 Å². The van der Waals surface area contributed by atoms with E-state index >= 15 is 0 Å². The number of nitrogens with zero attached hydrogens (tertiary/aromatic N) is 2. The molecule has 0 spiro atoms. The molecule has 1 aromatic heterocycles. The fourth-order valence-corrected chi connectivity index (χ4v) is 2.15. The van der Waals surface area contributed by atoms with Gasteiger partial charge in [-0.05, 0) is 30.5 Å². The van der Waals surface area contributed by atoms with Crippen molar-refractivity contribution in [3.8, 4) is 0 Å². The normalized spacial score (nSPS) is 10.3. The largest absolute Gasteiger partial charge is 0.465 e. The Morgan fingerprint density at radius 2 is 2.00 bits per heavy atom. The standard InChI is InChI=1S/C15H17ClN4O2/c1-9-3-4-11(5-10(9)2)8-17-12-6-14(18-15(21)22)20-19-13(12)7-16/h3-6H,7-8H2,1-2H3,(H,21,22)(H2,17,18,20). The number of anilines is 2. The molecule has 0 radical (unpaired) electrons. The van der Waals surface area contributed by atoms with Crippen LogP contribution in [0.25, 0.3) is 0 Å². The van der Waals surface area contributed by atoms with Crippen LogP contribution < -0.4 is 10.6 Å². The Bertz CT molecular complexity index is 691. The molecule has 1 aromatic carbocycles. The van der Waals surface area contributed by atoms with Gasteiger partial charge in [0.1, 0.15) is 5.69 Å². The maximum atomic E-state index is 10.7. The van der Waals surface area contributed by atoms with E-state index in [4.69, 9.17) is 16.7 Å². The predicted molar refractivity (Wildman–Crippen MR) is 86.5 cm³/mol. The Labute approximate surface area is 133 Å². The number of carboxylic acid groups (broad SMARTS) is 1. The first kappa shape index (κ1) is 16.0. The molecular formula is C15H17ClN4O2. The Morgan fingerprint density at radius 3 is 2.64 bits per heavy atom. The molecule has 0 saturated heterocycles. The van der Waals surface area contributed by atoms with E-state index in [1.807, 2.05) is 6.07 Å². The summed E-state index contributed by atoms with van der Waals surface area (Å²) in [5.41, 5.74) is 4.81. The van der Waals surface area contributed by atoms with Crippen molar-refractivity contribution in [1.29, 1.82) is 0 Å². The summed E-state index contributed by atoms with van der Waals surface area (Å²) >= 11 is 5.84. The molecule has 0 atom stereocenters. The summed E-state index contributed by atoms with van der Waals surface area (Å²) in [4.78, 5) is 10.7. The maximum absolute atomic E-state index is 10.7. The summed E-state index contributed by atoms with van der Waals surface area (Å²) in [5.74, 6) is 0.347. The number of rotatable bonds is 5. The molecule has 7 heteroatoms. The van der Waals surface area contributed by atoms with Gasteiger partial charge >= 0.3 is 6.09 Å². The number of carbonyl (C=O) groups is 1. The van der Waals surface area contributed by atoms with Crippen molar-refractivity contribution in [2.45, 2.75) is 26.3 Å². The average molecular weight is 321 g/mol. The van der Waals surface area contributed by atoms with Gasteiger partial charge in [0.05, 0.1) is 11.6 Å². The van der Waals surface area contributed by atoms with Crippen molar-refractivity contribution < 1.29 is 9.90 Å². The number of halogens is 1. The minimum absolute atomic E-state index is 0.156. The van der Waals surface area contributed by atoms with Gasteiger partial charge in [-0.15, -0.1) is 16.7 Å². The highest BCUT2D eigenvalue weighted by molar-refractivity contribution is 6.17. The van der Waals surface area contributed by atoms with Gasteiger partial charge < -0.3 is 10.4 Å². The van der Waals surface area contributed by atoms with Crippen LogP contribution in [-0.2, 0) is 12.4 Å². The van der Waals surface area contributed by atoms with Gasteiger partial charge in [-0.25, -0.2) is 4.79 Å². The molecule has 6 nitrogen and oxygen atoms in total. The molecule has 0 bridgehead atoms. The van der Waals surface area contributed by atoms with E-state index in [-0.39, 0.29) is 11.7 Å². The summed E-state index contributed by atoms with van der Waals surface area (Å²) in [6.45, 7) is 4.71. The third-order valence-corrected chi connectivity index (χ3v) is 3.54. The van der Waals surface area contributed by atoms with E-state index < -0.39 is 6.09 Å². The molecule has 0 aliphatic heterocycles. The van der Waals surface area contributed by atoms with E-state index in [1.54, 1.807) is 6.07 Å². The zero-order chi connectivity index (χ0) is 16.1. The van der Waals surface area contributed by atoms with Crippen LogP contribution in [0.4, 0.5) is 16.3 Å². The Morgan fingerprint density at radius 1 is 1.23 bits per heavy atom. The van der Waals surface area contributed by atoms with Gasteiger partial charge in [0.15, 0.2) is 5.82 Å². The highest BCUT2D eigenvalue weighted by Gasteiger charge is 2.08. The van der Waals surface area contributed by atoms with Crippen LogP contribution in [0, 0.1) is 13.8 Å². The number of alkyl halides is 1. The molecule has 1 heterocycles. The third kappa shape index (κ3) is 4.08. The van der Waals surface area contributed by atoms with Gasteiger partial charge in [-0.1, -0.05) is 18.2 Å². The lowest BCUT2D eigenvalue weighted by Crippen LogP contribution is -2.12. The molecule has 3 N–H and O–H groups in total. The lowest BCUT2D eigenvalue weighted by Gasteiger charge is -2.12. The molecule has 0 unspecified atom stereocenters. The number of aryl methyl sites for hydroxylation is 2. The van der Waals surface area contributed by atoms with E-state index in [0.717, 1.165) is 5.56 Å². The van der Waals surface area contributed by atoms with Crippen LogP contribution in [-0.4, -0.2) is 21.4 Å². The molecule has 1 amide bonds. The Hall–Kier alpha value is -2.34. The van der Waals surface area contributed by atoms with Crippen LogP contribution in [0.15, 0.2) is 24.3 Å². The van der Waals surface area contributed by atoms with Crippen molar-refractivity contribution in [1.82, 2.24) is 10.2 Å². The summed E-state index contributed by atoms with van der Waals surface area (Å²) in [6, 6.07) is 7.80. The minimum Gasteiger partial charge on any atom is -0.465 e. The summed E-state index contributed by atoms with van der Waals surface area (Å²) < 4.78 is 0. The van der Waals surface area contributed by atoms with Crippen LogP contribution >= 0.6 is 11.6 Å². The van der Waals surface area contributed by atoms with Crippen molar-refractivity contribution in [3.63, 3.8) is 0 Å². The smallest absolute Gasteiger partial charge is 0.410 e. The fourth-order valence-electron chi connectivity index (χ4n) is 1.95. The molecule has 22 heavy (non-hydrogen) atoms. The summed E-state index contributed by atoms with van der Waals surface area (Å²) in [5, 5.41) is 21.8. The number of hydrogen-bond acceptors (Lipinski definition) is 4. The third-order valence-electron chi connectivity index (χ3n) is 3.29. The van der Waals surface area contributed by atoms with Gasteiger partial charge in [0, 0.05) is 12.6 Å². The second-order valence-corrected chi connectivity index (χ2v) is 5.19. The first-order chi connectivity index (χ1) is 10.5. The molecule has 116 valence electrons. The monoisotopic (exact) mass is 320 g/mol. The van der Waals surface area contributed by atoms with Crippen molar-refractivity contribution >= 4 is 29.2 Å². The maximum Gasteiger partial charge on any atom is 0.410 e. The van der Waals surface area contributed by atoms with Crippen molar-refractivity contribution in [3.05, 3.63) is 46.6 Å². The topological polar surface area (TPSA) is 87.1 Å². The number of hydrogen-bond donors (Lipinski definition) is 3. The predicted octanol–water partition coefficient (Wildman–Crippen LogP) is 3.53. The van der Waals surface area contributed by atoms with Crippen LogP contribution in [0.3, 0.4) is 0 Å². The molecule has 2 aromatic rings. The zero-order valence-corrected chi connectivity index (χ0v) is 13.1. The van der Waals surface area contributed by atoms with Gasteiger partial charge in [-0.2, -0.15) is 5.10 Å².